The van der Waals surface area contributed by atoms with Crippen LogP contribution in [0.2, 0.25) is 0 Å². The van der Waals surface area contributed by atoms with Gasteiger partial charge in [0.1, 0.15) is 18.7 Å². The number of fused-ring (bicyclic) bond motifs is 1. The van der Waals surface area contributed by atoms with Crippen LogP contribution >= 0.6 is 0 Å². The molecule has 1 N–H and O–H groups in total. The fourth-order valence-corrected chi connectivity index (χ4v) is 3.97. The van der Waals surface area contributed by atoms with Crippen molar-refractivity contribution < 1.29 is 14.4 Å². The van der Waals surface area contributed by atoms with Gasteiger partial charge in [0.05, 0.1) is 11.8 Å². The van der Waals surface area contributed by atoms with E-state index in [-0.39, 0.29) is 42.6 Å². The summed E-state index contributed by atoms with van der Waals surface area (Å²) in [4.78, 5) is 46.8. The molecule has 2 atom stereocenters. The highest BCUT2D eigenvalue weighted by molar-refractivity contribution is 6.07. The number of hydrogen-bond acceptors (Lipinski definition) is 5. The van der Waals surface area contributed by atoms with Crippen LogP contribution in [0, 0.1) is 11.8 Å². The first-order valence-electron chi connectivity index (χ1n) is 9.19. The average molecular weight is 367 g/mol. The van der Waals surface area contributed by atoms with E-state index in [4.69, 9.17) is 0 Å². The van der Waals surface area contributed by atoms with Gasteiger partial charge in [0, 0.05) is 30.7 Å². The van der Waals surface area contributed by atoms with Gasteiger partial charge < -0.3 is 5.32 Å². The Morgan fingerprint density at radius 3 is 2.56 bits per heavy atom. The second kappa shape index (κ2) is 7.30. The van der Waals surface area contributed by atoms with Gasteiger partial charge in [-0.15, -0.1) is 0 Å². The van der Waals surface area contributed by atoms with Crippen molar-refractivity contribution in [3.05, 3.63) is 42.6 Å². The molecular formula is C19H21N5O3. The zero-order chi connectivity index (χ0) is 18.8. The van der Waals surface area contributed by atoms with Gasteiger partial charge >= 0.3 is 0 Å². The van der Waals surface area contributed by atoms with Crippen molar-refractivity contribution in [3.8, 4) is 5.82 Å². The van der Waals surface area contributed by atoms with Gasteiger partial charge in [-0.1, -0.05) is 18.9 Å². The maximum Gasteiger partial charge on any atom is 0.240 e. The summed E-state index contributed by atoms with van der Waals surface area (Å²) in [6.45, 7) is 0.0363. The van der Waals surface area contributed by atoms with Crippen molar-refractivity contribution in [2.24, 2.45) is 11.8 Å². The summed E-state index contributed by atoms with van der Waals surface area (Å²) in [6, 6.07) is 3.66. The third-order valence-corrected chi connectivity index (χ3v) is 5.33. The number of carbonyl (C=O) groups excluding carboxylic acids is 3. The summed E-state index contributed by atoms with van der Waals surface area (Å²) in [5.41, 5.74) is 0.816. The quantitative estimate of drug-likeness (QED) is 0.797. The number of likely N-dealkylation sites (tertiary alicyclic amines) is 1. The van der Waals surface area contributed by atoms with E-state index in [1.807, 2.05) is 6.07 Å². The fraction of sp³-hybridized carbons (Fsp3) is 0.421. The summed E-state index contributed by atoms with van der Waals surface area (Å²) < 4.78 is 1.76. The smallest absolute Gasteiger partial charge is 0.240 e. The van der Waals surface area contributed by atoms with Crippen LogP contribution in [0.5, 0.6) is 0 Å². The molecule has 1 aliphatic carbocycles. The summed E-state index contributed by atoms with van der Waals surface area (Å²) in [7, 11) is 0. The zero-order valence-corrected chi connectivity index (χ0v) is 14.9. The van der Waals surface area contributed by atoms with Crippen LogP contribution in [0.4, 0.5) is 0 Å². The monoisotopic (exact) mass is 367 g/mol. The second-order valence-corrected chi connectivity index (χ2v) is 6.99. The molecule has 3 heterocycles. The van der Waals surface area contributed by atoms with Crippen LogP contribution in [0.15, 0.2) is 37.1 Å². The molecule has 2 fully saturated rings. The first kappa shape index (κ1) is 17.4. The molecule has 0 aromatic carbocycles. The van der Waals surface area contributed by atoms with Gasteiger partial charge in [-0.05, 0) is 18.9 Å². The van der Waals surface area contributed by atoms with Gasteiger partial charge in [0.15, 0.2) is 0 Å². The summed E-state index contributed by atoms with van der Waals surface area (Å²) >= 11 is 0. The molecule has 0 bridgehead atoms. The van der Waals surface area contributed by atoms with Crippen LogP contribution in [0.1, 0.15) is 31.2 Å². The highest BCUT2D eigenvalue weighted by Gasteiger charge is 2.48. The first-order chi connectivity index (χ1) is 13.1. The number of pyridine rings is 1. The van der Waals surface area contributed by atoms with Crippen LogP contribution in [0.3, 0.4) is 0 Å². The highest BCUT2D eigenvalue weighted by atomic mass is 16.2. The Kier molecular flexibility index (Phi) is 4.70. The Morgan fingerprint density at radius 2 is 1.89 bits per heavy atom. The van der Waals surface area contributed by atoms with Crippen molar-refractivity contribution >= 4 is 17.7 Å². The Hall–Kier alpha value is -3.03. The number of imide groups is 1. The predicted molar refractivity (Wildman–Crippen MR) is 95.4 cm³/mol. The van der Waals surface area contributed by atoms with E-state index in [2.05, 4.69) is 15.3 Å². The molecule has 0 spiro atoms. The lowest BCUT2D eigenvalue weighted by molar-refractivity contribution is -0.143. The Bertz CT molecular complexity index is 840. The molecule has 1 aliphatic heterocycles. The van der Waals surface area contributed by atoms with E-state index in [9.17, 15) is 14.4 Å². The molecule has 3 amide bonds. The maximum absolute atomic E-state index is 12.5. The van der Waals surface area contributed by atoms with E-state index in [0.717, 1.165) is 36.1 Å². The van der Waals surface area contributed by atoms with E-state index in [1.165, 1.54) is 0 Å². The number of nitrogens with zero attached hydrogens (tertiary/aromatic N) is 4. The van der Waals surface area contributed by atoms with Crippen molar-refractivity contribution in [1.29, 1.82) is 0 Å². The van der Waals surface area contributed by atoms with Crippen molar-refractivity contribution in [1.82, 2.24) is 24.8 Å². The van der Waals surface area contributed by atoms with Gasteiger partial charge in [-0.25, -0.2) is 9.97 Å². The molecule has 2 aromatic heterocycles. The number of carbonyl (C=O) groups is 3. The van der Waals surface area contributed by atoms with E-state index in [1.54, 1.807) is 35.6 Å². The number of amides is 3. The van der Waals surface area contributed by atoms with Crippen LogP contribution < -0.4 is 5.32 Å². The maximum atomic E-state index is 12.5. The number of imidazole rings is 1. The molecule has 4 rings (SSSR count). The minimum atomic E-state index is -0.351. The number of nitrogens with one attached hydrogen (secondary N) is 1. The lowest BCUT2D eigenvalue weighted by Gasteiger charge is -2.19. The number of rotatable bonds is 5. The Labute approximate surface area is 156 Å². The van der Waals surface area contributed by atoms with Gasteiger partial charge in [-0.3, -0.25) is 23.9 Å². The highest BCUT2D eigenvalue weighted by Crippen LogP contribution is 2.37. The minimum Gasteiger partial charge on any atom is -0.350 e. The van der Waals surface area contributed by atoms with Crippen LogP contribution in [-0.2, 0) is 20.9 Å². The molecule has 140 valence electrons. The molecule has 8 nitrogen and oxygen atoms in total. The topological polar surface area (TPSA) is 97.2 Å². The normalized spacial score (nSPS) is 22.0. The summed E-state index contributed by atoms with van der Waals surface area (Å²) in [5.74, 6) is -0.526. The Balaban J connectivity index is 1.40. The molecule has 8 heteroatoms. The van der Waals surface area contributed by atoms with Gasteiger partial charge in [-0.2, -0.15) is 0 Å². The molecule has 1 saturated heterocycles. The molecule has 1 saturated carbocycles. The molecular weight excluding hydrogens is 346 g/mol. The standard InChI is InChI=1S/C19H21N5O3/c25-16(11-24-18(26)14-5-1-2-6-15(14)19(24)27)22-10-13-4-3-7-21-17(13)23-9-8-20-12-23/h3-4,7-9,12,14-15H,1-2,5-6,10-11H2,(H,22,25). The second-order valence-electron chi connectivity index (χ2n) is 6.99. The first-order valence-corrected chi connectivity index (χ1v) is 9.19. The Morgan fingerprint density at radius 1 is 1.15 bits per heavy atom. The zero-order valence-electron chi connectivity index (χ0n) is 14.9. The molecule has 2 unspecified atom stereocenters. The van der Waals surface area contributed by atoms with E-state index >= 15 is 0 Å². The summed E-state index contributed by atoms with van der Waals surface area (Å²) in [5, 5.41) is 2.79. The molecule has 0 radical (unpaired) electrons. The molecule has 2 aliphatic rings. The summed E-state index contributed by atoms with van der Waals surface area (Å²) in [6.07, 6.45) is 10.2. The lowest BCUT2D eigenvalue weighted by atomic mass is 9.81. The van der Waals surface area contributed by atoms with Gasteiger partial charge in [0.2, 0.25) is 17.7 Å². The molecule has 27 heavy (non-hydrogen) atoms. The van der Waals surface area contributed by atoms with E-state index < -0.39 is 0 Å². The lowest BCUT2D eigenvalue weighted by Crippen LogP contribution is -2.40. The van der Waals surface area contributed by atoms with Crippen molar-refractivity contribution in [2.45, 2.75) is 32.2 Å². The fourth-order valence-electron chi connectivity index (χ4n) is 3.97. The van der Waals surface area contributed by atoms with E-state index in [0.29, 0.717) is 5.82 Å². The van der Waals surface area contributed by atoms with Gasteiger partial charge in [0.25, 0.3) is 0 Å². The third-order valence-electron chi connectivity index (χ3n) is 5.33. The van der Waals surface area contributed by atoms with Crippen LogP contribution in [0.25, 0.3) is 5.82 Å². The average Bonchev–Trinajstić information content (AvgIpc) is 3.31. The van der Waals surface area contributed by atoms with Crippen molar-refractivity contribution in [3.63, 3.8) is 0 Å². The minimum absolute atomic E-state index is 0.194. The van der Waals surface area contributed by atoms with Crippen LogP contribution in [-0.4, -0.2) is 43.7 Å². The third kappa shape index (κ3) is 3.34. The SMILES string of the molecule is O=C(CN1C(=O)C2CCCCC2C1=O)NCc1cccnc1-n1ccnc1. The molecule has 2 aromatic rings. The number of aromatic nitrogens is 3. The largest absolute Gasteiger partial charge is 0.350 e. The van der Waals surface area contributed by atoms with Crippen molar-refractivity contribution in [2.75, 3.05) is 6.54 Å². The predicted octanol–water partition coefficient (Wildman–Crippen LogP) is 1.06. The number of hydrogen-bond donors (Lipinski definition) is 1.